The zero-order valence-corrected chi connectivity index (χ0v) is 17.0. The van der Waals surface area contributed by atoms with Crippen molar-refractivity contribution in [3.8, 4) is 0 Å². The molecule has 2 aromatic rings. The van der Waals surface area contributed by atoms with Crippen LogP contribution in [0, 0.1) is 6.92 Å². The lowest BCUT2D eigenvalue weighted by Gasteiger charge is -2.37. The Bertz CT molecular complexity index is 769. The van der Waals surface area contributed by atoms with Gasteiger partial charge in [-0.2, -0.15) is 4.98 Å². The number of aryl methyl sites for hydroxylation is 1. The van der Waals surface area contributed by atoms with Crippen LogP contribution in [0.4, 0.5) is 11.8 Å². The summed E-state index contributed by atoms with van der Waals surface area (Å²) in [5, 5.41) is 0. The minimum atomic E-state index is 0.529. The SMILES string of the molecule is Cc1cccc(CN2CCC(N(C)c3ccnc(N4CCOCC4)n3)CC2)c1. The summed E-state index contributed by atoms with van der Waals surface area (Å²) in [5.41, 5.74) is 2.75. The van der Waals surface area contributed by atoms with Crippen LogP contribution in [0.15, 0.2) is 36.5 Å². The van der Waals surface area contributed by atoms with E-state index in [4.69, 9.17) is 9.72 Å². The third kappa shape index (κ3) is 4.62. The van der Waals surface area contributed by atoms with Crippen LogP contribution < -0.4 is 9.80 Å². The molecule has 0 saturated carbocycles. The van der Waals surface area contributed by atoms with E-state index >= 15 is 0 Å². The van der Waals surface area contributed by atoms with E-state index in [1.165, 1.54) is 24.0 Å². The number of aromatic nitrogens is 2. The Morgan fingerprint density at radius 1 is 1.11 bits per heavy atom. The molecule has 6 nitrogen and oxygen atoms in total. The van der Waals surface area contributed by atoms with Crippen molar-refractivity contribution in [3.63, 3.8) is 0 Å². The molecule has 150 valence electrons. The van der Waals surface area contributed by atoms with Crippen LogP contribution in [0.1, 0.15) is 24.0 Å². The first-order valence-corrected chi connectivity index (χ1v) is 10.4. The number of rotatable bonds is 5. The van der Waals surface area contributed by atoms with Gasteiger partial charge in [-0.3, -0.25) is 4.90 Å². The number of likely N-dealkylation sites (tertiary alicyclic amines) is 1. The molecule has 0 bridgehead atoms. The second-order valence-electron chi connectivity index (χ2n) is 7.92. The van der Waals surface area contributed by atoms with Crippen molar-refractivity contribution in [3.05, 3.63) is 47.7 Å². The molecule has 2 aliphatic rings. The van der Waals surface area contributed by atoms with Crippen LogP contribution in [0.3, 0.4) is 0 Å². The molecular formula is C22H31N5O. The molecule has 3 heterocycles. The lowest BCUT2D eigenvalue weighted by molar-refractivity contribution is 0.122. The molecule has 0 spiro atoms. The highest BCUT2D eigenvalue weighted by Gasteiger charge is 2.24. The lowest BCUT2D eigenvalue weighted by Crippen LogP contribution is -2.43. The molecule has 0 unspecified atom stereocenters. The first-order valence-electron chi connectivity index (χ1n) is 10.4. The Balaban J connectivity index is 1.34. The Hall–Kier alpha value is -2.18. The minimum Gasteiger partial charge on any atom is -0.378 e. The topological polar surface area (TPSA) is 44.7 Å². The Labute approximate surface area is 168 Å². The van der Waals surface area contributed by atoms with Crippen molar-refractivity contribution >= 4 is 11.8 Å². The molecule has 0 aliphatic carbocycles. The Morgan fingerprint density at radius 3 is 2.64 bits per heavy atom. The first-order chi connectivity index (χ1) is 13.7. The molecule has 0 N–H and O–H groups in total. The second-order valence-corrected chi connectivity index (χ2v) is 7.92. The molecule has 1 aromatic carbocycles. The summed E-state index contributed by atoms with van der Waals surface area (Å²) in [6.07, 6.45) is 4.22. The third-order valence-electron chi connectivity index (χ3n) is 5.88. The van der Waals surface area contributed by atoms with Crippen LogP contribution in [0.5, 0.6) is 0 Å². The van der Waals surface area contributed by atoms with E-state index in [1.54, 1.807) is 0 Å². The van der Waals surface area contributed by atoms with Crippen LogP contribution in [0.25, 0.3) is 0 Å². The van der Waals surface area contributed by atoms with Crippen LogP contribution in [0.2, 0.25) is 0 Å². The molecule has 2 fully saturated rings. The summed E-state index contributed by atoms with van der Waals surface area (Å²) >= 11 is 0. The van der Waals surface area contributed by atoms with E-state index in [0.717, 1.165) is 57.7 Å². The zero-order valence-electron chi connectivity index (χ0n) is 17.0. The number of piperidine rings is 1. The average molecular weight is 382 g/mol. The van der Waals surface area contributed by atoms with E-state index in [9.17, 15) is 0 Å². The van der Waals surface area contributed by atoms with Crippen molar-refractivity contribution in [2.75, 3.05) is 56.2 Å². The quantitative estimate of drug-likeness (QED) is 0.794. The molecule has 1 aromatic heterocycles. The molecular weight excluding hydrogens is 350 g/mol. The van der Waals surface area contributed by atoms with Crippen molar-refractivity contribution in [2.45, 2.75) is 32.4 Å². The summed E-state index contributed by atoms with van der Waals surface area (Å²) in [7, 11) is 2.17. The van der Waals surface area contributed by atoms with Gasteiger partial charge in [0.1, 0.15) is 5.82 Å². The zero-order chi connectivity index (χ0) is 19.3. The molecule has 2 aliphatic heterocycles. The van der Waals surface area contributed by atoms with Gasteiger partial charge in [-0.25, -0.2) is 4.98 Å². The van der Waals surface area contributed by atoms with E-state index in [0.29, 0.717) is 6.04 Å². The van der Waals surface area contributed by atoms with Crippen LogP contribution in [-0.4, -0.2) is 67.4 Å². The van der Waals surface area contributed by atoms with E-state index < -0.39 is 0 Å². The molecule has 0 radical (unpaired) electrons. The monoisotopic (exact) mass is 381 g/mol. The van der Waals surface area contributed by atoms with Crippen molar-refractivity contribution in [2.24, 2.45) is 0 Å². The van der Waals surface area contributed by atoms with Gasteiger partial charge in [-0.05, 0) is 31.4 Å². The predicted octanol–water partition coefficient (Wildman–Crippen LogP) is 2.72. The fraction of sp³-hybridized carbons (Fsp3) is 0.545. The molecule has 4 rings (SSSR count). The summed E-state index contributed by atoms with van der Waals surface area (Å²) in [6.45, 7) is 8.71. The fourth-order valence-corrected chi connectivity index (χ4v) is 4.17. The number of morpholine rings is 1. The predicted molar refractivity (Wildman–Crippen MR) is 113 cm³/mol. The number of nitrogens with zero attached hydrogens (tertiary/aromatic N) is 5. The van der Waals surface area contributed by atoms with Crippen molar-refractivity contribution in [1.29, 1.82) is 0 Å². The molecule has 6 heteroatoms. The number of ether oxygens (including phenoxy) is 1. The normalized spacial score (nSPS) is 19.0. The summed E-state index contributed by atoms with van der Waals surface area (Å²) < 4.78 is 5.44. The maximum atomic E-state index is 5.44. The standard InChI is InChI=1S/C22H31N5O/c1-18-4-3-5-19(16-18)17-26-10-7-20(8-11-26)25(2)21-6-9-23-22(24-21)27-12-14-28-15-13-27/h3-6,9,16,20H,7-8,10-15,17H2,1-2H3. The van der Waals surface area contributed by atoms with Gasteiger partial charge in [0.15, 0.2) is 0 Å². The number of hydrogen-bond acceptors (Lipinski definition) is 6. The van der Waals surface area contributed by atoms with Gasteiger partial charge < -0.3 is 14.5 Å². The van der Waals surface area contributed by atoms with Gasteiger partial charge in [0.2, 0.25) is 5.95 Å². The van der Waals surface area contributed by atoms with Crippen LogP contribution in [-0.2, 0) is 11.3 Å². The van der Waals surface area contributed by atoms with E-state index in [-0.39, 0.29) is 0 Å². The van der Waals surface area contributed by atoms with Gasteiger partial charge in [-0.1, -0.05) is 29.8 Å². The maximum absolute atomic E-state index is 5.44. The molecule has 2 saturated heterocycles. The highest BCUT2D eigenvalue weighted by atomic mass is 16.5. The number of anilines is 2. The Kier molecular flexibility index (Phi) is 6.07. The van der Waals surface area contributed by atoms with Gasteiger partial charge >= 0.3 is 0 Å². The molecule has 28 heavy (non-hydrogen) atoms. The average Bonchev–Trinajstić information content (AvgIpc) is 2.75. The molecule has 0 atom stereocenters. The summed E-state index contributed by atoms with van der Waals surface area (Å²) in [5.74, 6) is 1.85. The molecule has 0 amide bonds. The maximum Gasteiger partial charge on any atom is 0.227 e. The minimum absolute atomic E-state index is 0.529. The van der Waals surface area contributed by atoms with Gasteiger partial charge in [-0.15, -0.1) is 0 Å². The van der Waals surface area contributed by atoms with Crippen molar-refractivity contribution < 1.29 is 4.74 Å². The summed E-state index contributed by atoms with van der Waals surface area (Å²) in [4.78, 5) is 16.4. The van der Waals surface area contributed by atoms with Gasteiger partial charge in [0, 0.05) is 52.0 Å². The highest BCUT2D eigenvalue weighted by Crippen LogP contribution is 2.23. The second kappa shape index (κ2) is 8.88. The fourth-order valence-electron chi connectivity index (χ4n) is 4.17. The largest absolute Gasteiger partial charge is 0.378 e. The lowest BCUT2D eigenvalue weighted by atomic mass is 10.0. The third-order valence-corrected chi connectivity index (χ3v) is 5.88. The van der Waals surface area contributed by atoms with E-state index in [1.807, 2.05) is 12.3 Å². The smallest absolute Gasteiger partial charge is 0.227 e. The highest BCUT2D eigenvalue weighted by molar-refractivity contribution is 5.44. The van der Waals surface area contributed by atoms with Crippen molar-refractivity contribution in [1.82, 2.24) is 14.9 Å². The van der Waals surface area contributed by atoms with Gasteiger partial charge in [0.25, 0.3) is 0 Å². The Morgan fingerprint density at radius 2 is 1.89 bits per heavy atom. The first kappa shape index (κ1) is 19.2. The number of benzene rings is 1. The number of hydrogen-bond donors (Lipinski definition) is 0. The van der Waals surface area contributed by atoms with Gasteiger partial charge in [0.05, 0.1) is 13.2 Å². The van der Waals surface area contributed by atoms with Crippen LogP contribution >= 0.6 is 0 Å². The summed E-state index contributed by atoms with van der Waals surface area (Å²) in [6, 6.07) is 11.4. The van der Waals surface area contributed by atoms with E-state index in [2.05, 4.69) is 57.9 Å².